The first-order valence-corrected chi connectivity index (χ1v) is 7.40. The third-order valence-electron chi connectivity index (χ3n) is 2.79. The molecule has 1 heterocycles. The highest BCUT2D eigenvalue weighted by atomic mass is 32.1. The van der Waals surface area contributed by atoms with Gasteiger partial charge in [0.2, 0.25) is 5.13 Å². The summed E-state index contributed by atoms with van der Waals surface area (Å²) in [6.07, 6.45) is 0. The lowest BCUT2D eigenvalue weighted by atomic mass is 10.2. The Balaban J connectivity index is 1.92. The summed E-state index contributed by atoms with van der Waals surface area (Å²) >= 11 is 1.60. The zero-order valence-corrected chi connectivity index (χ0v) is 12.9. The Labute approximate surface area is 123 Å². The summed E-state index contributed by atoms with van der Waals surface area (Å²) in [6, 6.07) is 8.12. The van der Waals surface area contributed by atoms with Crippen LogP contribution < -0.4 is 10.1 Å². The fraction of sp³-hybridized carbons (Fsp3) is 0.429. The Morgan fingerprint density at radius 2 is 2.15 bits per heavy atom. The van der Waals surface area contributed by atoms with Gasteiger partial charge in [-0.15, -0.1) is 10.2 Å². The topological polar surface area (TPSA) is 50.3 Å². The lowest BCUT2D eigenvalue weighted by molar-refractivity contribution is 0.317. The van der Waals surface area contributed by atoms with Crippen LogP contribution in [0, 0.1) is 0 Å². The van der Waals surface area contributed by atoms with Crippen molar-refractivity contribution >= 4 is 16.5 Å². The van der Waals surface area contributed by atoms with Gasteiger partial charge >= 0.3 is 0 Å². The van der Waals surface area contributed by atoms with Crippen LogP contribution in [-0.4, -0.2) is 35.8 Å². The third kappa shape index (κ3) is 4.18. The predicted octanol–water partition coefficient (Wildman–Crippen LogP) is 2.61. The van der Waals surface area contributed by atoms with Gasteiger partial charge in [0.05, 0.1) is 13.7 Å². The van der Waals surface area contributed by atoms with Crippen LogP contribution in [0.5, 0.6) is 5.75 Å². The molecule has 1 aromatic carbocycles. The van der Waals surface area contributed by atoms with Crippen LogP contribution in [0.4, 0.5) is 5.13 Å². The molecular formula is C14H20N4OS. The fourth-order valence-electron chi connectivity index (χ4n) is 1.91. The molecular weight excluding hydrogens is 272 g/mol. The van der Waals surface area contributed by atoms with Crippen LogP contribution in [0.1, 0.15) is 17.5 Å². The van der Waals surface area contributed by atoms with Gasteiger partial charge in [-0.1, -0.05) is 23.5 Å². The fourth-order valence-corrected chi connectivity index (χ4v) is 2.80. The predicted molar refractivity (Wildman–Crippen MR) is 82.2 cm³/mol. The summed E-state index contributed by atoms with van der Waals surface area (Å²) in [7, 11) is 3.76. The van der Waals surface area contributed by atoms with E-state index in [1.807, 2.05) is 12.1 Å². The van der Waals surface area contributed by atoms with Gasteiger partial charge in [-0.25, -0.2) is 0 Å². The van der Waals surface area contributed by atoms with Crippen molar-refractivity contribution in [1.29, 1.82) is 0 Å². The van der Waals surface area contributed by atoms with Crippen LogP contribution in [0.15, 0.2) is 24.3 Å². The first-order chi connectivity index (χ1) is 9.71. The highest BCUT2D eigenvalue weighted by Crippen LogP contribution is 2.18. The summed E-state index contributed by atoms with van der Waals surface area (Å²) < 4.78 is 5.24. The maximum atomic E-state index is 5.24. The Bertz CT molecular complexity index is 543. The zero-order valence-electron chi connectivity index (χ0n) is 12.1. The smallest absolute Gasteiger partial charge is 0.205 e. The monoisotopic (exact) mass is 292 g/mol. The lowest BCUT2D eigenvalue weighted by Crippen LogP contribution is -2.17. The maximum absolute atomic E-state index is 5.24. The molecule has 20 heavy (non-hydrogen) atoms. The number of hydrogen-bond donors (Lipinski definition) is 1. The third-order valence-corrected chi connectivity index (χ3v) is 3.65. The maximum Gasteiger partial charge on any atom is 0.205 e. The van der Waals surface area contributed by atoms with Crippen LogP contribution >= 0.6 is 11.3 Å². The normalized spacial score (nSPS) is 10.8. The van der Waals surface area contributed by atoms with E-state index < -0.39 is 0 Å². The molecule has 0 atom stereocenters. The van der Waals surface area contributed by atoms with Crippen LogP contribution in [-0.2, 0) is 13.1 Å². The molecule has 0 saturated carbocycles. The first kappa shape index (κ1) is 14.7. The molecule has 2 aromatic rings. The molecule has 0 aliphatic rings. The van der Waals surface area contributed by atoms with E-state index in [2.05, 4.69) is 46.5 Å². The molecule has 0 amide bonds. The van der Waals surface area contributed by atoms with Gasteiger partial charge in [0.15, 0.2) is 0 Å². The second-order valence-electron chi connectivity index (χ2n) is 4.56. The number of nitrogens with zero attached hydrogens (tertiary/aromatic N) is 3. The molecule has 0 spiro atoms. The van der Waals surface area contributed by atoms with Crippen molar-refractivity contribution < 1.29 is 4.74 Å². The molecule has 0 saturated heterocycles. The van der Waals surface area contributed by atoms with E-state index in [0.717, 1.165) is 35.5 Å². The van der Waals surface area contributed by atoms with E-state index in [0.29, 0.717) is 0 Å². The zero-order chi connectivity index (χ0) is 14.4. The average molecular weight is 292 g/mol. The first-order valence-electron chi connectivity index (χ1n) is 6.59. The standard InChI is InChI=1S/C14H20N4OS/c1-4-15-14-17-16-13(20-14)10-18(2)9-11-6-5-7-12(8-11)19-3/h5-8H,4,9-10H2,1-3H3,(H,15,17). The van der Waals surface area contributed by atoms with Gasteiger partial charge in [-0.05, 0) is 31.7 Å². The van der Waals surface area contributed by atoms with E-state index in [-0.39, 0.29) is 0 Å². The Hall–Kier alpha value is -1.66. The van der Waals surface area contributed by atoms with E-state index in [4.69, 9.17) is 4.74 Å². The number of hydrogen-bond acceptors (Lipinski definition) is 6. The Morgan fingerprint density at radius 3 is 2.90 bits per heavy atom. The number of anilines is 1. The summed E-state index contributed by atoms with van der Waals surface area (Å²) in [5.74, 6) is 0.890. The SMILES string of the molecule is CCNc1nnc(CN(C)Cc2cccc(OC)c2)s1. The summed E-state index contributed by atoms with van der Waals surface area (Å²) in [4.78, 5) is 2.21. The highest BCUT2D eigenvalue weighted by Gasteiger charge is 2.07. The summed E-state index contributed by atoms with van der Waals surface area (Å²) in [6.45, 7) is 4.57. The van der Waals surface area contributed by atoms with Crippen LogP contribution in [0.3, 0.4) is 0 Å². The van der Waals surface area contributed by atoms with Gasteiger partial charge in [0.25, 0.3) is 0 Å². The van der Waals surface area contributed by atoms with Crippen molar-refractivity contribution in [2.24, 2.45) is 0 Å². The largest absolute Gasteiger partial charge is 0.497 e. The number of ether oxygens (including phenoxy) is 1. The molecule has 6 heteroatoms. The van der Waals surface area contributed by atoms with E-state index in [1.165, 1.54) is 5.56 Å². The van der Waals surface area contributed by atoms with Crippen LogP contribution in [0.2, 0.25) is 0 Å². The van der Waals surface area contributed by atoms with Crippen molar-refractivity contribution in [2.45, 2.75) is 20.0 Å². The molecule has 1 N–H and O–H groups in total. The number of aromatic nitrogens is 2. The molecule has 0 fully saturated rings. The number of rotatable bonds is 7. The molecule has 5 nitrogen and oxygen atoms in total. The van der Waals surface area contributed by atoms with Crippen molar-refractivity contribution in [2.75, 3.05) is 26.0 Å². The molecule has 108 valence electrons. The number of benzene rings is 1. The van der Waals surface area contributed by atoms with Crippen molar-refractivity contribution in [3.63, 3.8) is 0 Å². The second kappa shape index (κ2) is 7.21. The Kier molecular flexibility index (Phi) is 5.31. The quantitative estimate of drug-likeness (QED) is 0.850. The minimum Gasteiger partial charge on any atom is -0.497 e. The minimum atomic E-state index is 0.792. The molecule has 0 unspecified atom stereocenters. The van der Waals surface area contributed by atoms with Gasteiger partial charge in [-0.3, -0.25) is 4.90 Å². The molecule has 0 radical (unpaired) electrons. The second-order valence-corrected chi connectivity index (χ2v) is 5.62. The van der Waals surface area contributed by atoms with Crippen molar-refractivity contribution in [3.8, 4) is 5.75 Å². The molecule has 0 aliphatic carbocycles. The molecule has 0 bridgehead atoms. The van der Waals surface area contributed by atoms with E-state index in [9.17, 15) is 0 Å². The summed E-state index contributed by atoms with van der Waals surface area (Å²) in [5, 5.41) is 13.4. The van der Waals surface area contributed by atoms with Gasteiger partial charge in [0, 0.05) is 13.1 Å². The van der Waals surface area contributed by atoms with E-state index in [1.54, 1.807) is 18.4 Å². The number of nitrogens with one attached hydrogen (secondary N) is 1. The molecule has 0 aliphatic heterocycles. The van der Waals surface area contributed by atoms with Gasteiger partial charge in [-0.2, -0.15) is 0 Å². The molecule has 1 aromatic heterocycles. The number of methoxy groups -OCH3 is 1. The van der Waals surface area contributed by atoms with Crippen LogP contribution in [0.25, 0.3) is 0 Å². The minimum absolute atomic E-state index is 0.792. The van der Waals surface area contributed by atoms with Crippen molar-refractivity contribution in [1.82, 2.24) is 15.1 Å². The Morgan fingerprint density at radius 1 is 1.30 bits per heavy atom. The summed E-state index contributed by atoms with van der Waals surface area (Å²) in [5.41, 5.74) is 1.23. The molecule has 2 rings (SSSR count). The van der Waals surface area contributed by atoms with E-state index >= 15 is 0 Å². The highest BCUT2D eigenvalue weighted by molar-refractivity contribution is 7.15. The van der Waals surface area contributed by atoms with Crippen molar-refractivity contribution in [3.05, 3.63) is 34.8 Å². The van der Waals surface area contributed by atoms with Gasteiger partial charge in [0.1, 0.15) is 10.8 Å². The average Bonchev–Trinajstić information content (AvgIpc) is 2.86. The van der Waals surface area contributed by atoms with Gasteiger partial charge < -0.3 is 10.1 Å². The lowest BCUT2D eigenvalue weighted by Gasteiger charge is -2.15.